The van der Waals surface area contributed by atoms with Crippen LogP contribution < -0.4 is 10.6 Å². The number of β-amino-alcohol motifs (C(OH)–C–C–N with tert-alkyl or cyclic N) is 1. The van der Waals surface area contributed by atoms with Crippen LogP contribution in [0.3, 0.4) is 0 Å². The molecule has 2 atom stereocenters. The van der Waals surface area contributed by atoms with Gasteiger partial charge < -0.3 is 25.8 Å². The summed E-state index contributed by atoms with van der Waals surface area (Å²) >= 11 is 0. The van der Waals surface area contributed by atoms with Crippen LogP contribution in [0.4, 0.5) is 10.1 Å². The van der Waals surface area contributed by atoms with Crippen molar-refractivity contribution in [2.45, 2.75) is 18.6 Å². The van der Waals surface area contributed by atoms with Gasteiger partial charge in [0.1, 0.15) is 5.82 Å². The van der Waals surface area contributed by atoms with Crippen LogP contribution in [-0.2, 0) is 0 Å². The molecule has 0 spiro atoms. The molecule has 1 aliphatic heterocycles. The maximum Gasteiger partial charge on any atom is 0.170 e. The van der Waals surface area contributed by atoms with Crippen LogP contribution >= 0.6 is 0 Å². The number of likely N-dealkylation sites (N-methyl/N-ethyl adjacent to an activating group) is 1. The van der Waals surface area contributed by atoms with E-state index in [2.05, 4.69) is 5.16 Å². The van der Waals surface area contributed by atoms with Gasteiger partial charge in [-0.25, -0.2) is 4.39 Å². The van der Waals surface area contributed by atoms with E-state index in [0.29, 0.717) is 24.2 Å². The molecular formula is C14H21FN4O2. The fourth-order valence-corrected chi connectivity index (χ4v) is 2.74. The van der Waals surface area contributed by atoms with E-state index in [1.807, 2.05) is 23.9 Å². The molecule has 1 aromatic rings. The van der Waals surface area contributed by atoms with Crippen molar-refractivity contribution >= 4 is 11.5 Å². The fraction of sp³-hybridized carbons (Fsp3) is 0.500. The fourth-order valence-electron chi connectivity index (χ4n) is 2.74. The lowest BCUT2D eigenvalue weighted by Gasteiger charge is -2.29. The third kappa shape index (κ3) is 3.43. The van der Waals surface area contributed by atoms with Crippen molar-refractivity contribution in [1.82, 2.24) is 4.90 Å². The highest BCUT2D eigenvalue weighted by molar-refractivity contribution is 5.97. The van der Waals surface area contributed by atoms with Crippen molar-refractivity contribution in [3.05, 3.63) is 29.6 Å². The zero-order valence-electron chi connectivity index (χ0n) is 12.2. The van der Waals surface area contributed by atoms with Crippen LogP contribution in [0.2, 0.25) is 0 Å². The summed E-state index contributed by atoms with van der Waals surface area (Å²) in [6.07, 6.45) is 0.151. The third-order valence-corrected chi connectivity index (χ3v) is 3.63. The highest BCUT2D eigenvalue weighted by atomic mass is 19.1. The molecule has 1 heterocycles. The molecule has 0 radical (unpaired) electrons. The van der Waals surface area contributed by atoms with E-state index < -0.39 is 11.9 Å². The van der Waals surface area contributed by atoms with Gasteiger partial charge in [-0.1, -0.05) is 5.16 Å². The average molecular weight is 296 g/mol. The van der Waals surface area contributed by atoms with Crippen molar-refractivity contribution < 1.29 is 14.7 Å². The van der Waals surface area contributed by atoms with E-state index in [4.69, 9.17) is 10.9 Å². The lowest BCUT2D eigenvalue weighted by atomic mass is 10.1. The Balaban J connectivity index is 2.28. The first kappa shape index (κ1) is 15.5. The van der Waals surface area contributed by atoms with E-state index in [1.54, 1.807) is 12.1 Å². The van der Waals surface area contributed by atoms with Crippen LogP contribution in [0.5, 0.6) is 0 Å². The normalized spacial score (nSPS) is 23.1. The first-order valence-corrected chi connectivity index (χ1v) is 6.79. The molecular weight excluding hydrogens is 275 g/mol. The molecule has 7 heteroatoms. The predicted molar refractivity (Wildman–Crippen MR) is 79.2 cm³/mol. The van der Waals surface area contributed by atoms with Crippen LogP contribution in [0, 0.1) is 5.82 Å². The number of rotatable bonds is 4. The first-order valence-electron chi connectivity index (χ1n) is 6.79. The number of amidine groups is 1. The second kappa shape index (κ2) is 6.28. The number of hydrogen-bond donors (Lipinski definition) is 3. The molecule has 4 N–H and O–H groups in total. The molecule has 0 amide bonds. The molecule has 116 valence electrons. The maximum atomic E-state index is 14.3. The van der Waals surface area contributed by atoms with Gasteiger partial charge in [-0.3, -0.25) is 0 Å². The molecule has 0 aromatic heterocycles. The molecule has 0 saturated carbocycles. The smallest absolute Gasteiger partial charge is 0.170 e. The molecule has 2 unspecified atom stereocenters. The number of oxime groups is 1. The summed E-state index contributed by atoms with van der Waals surface area (Å²) in [5.74, 6) is -0.580. The summed E-state index contributed by atoms with van der Waals surface area (Å²) < 4.78 is 14.3. The standard InChI is InChI=1S/C14H21FN4O2/c1-18(2)7-10-6-11(20)8-19(10)13-4-3-9(5-12(13)15)14(16)17-21/h3-5,10-11,20-21H,6-8H2,1-2H3,(H2,16,17). The van der Waals surface area contributed by atoms with Gasteiger partial charge in [-0.2, -0.15) is 0 Å². The van der Waals surface area contributed by atoms with Gasteiger partial charge in [-0.05, 0) is 38.7 Å². The number of halogens is 1. The number of hydrogen-bond acceptors (Lipinski definition) is 5. The molecule has 21 heavy (non-hydrogen) atoms. The third-order valence-electron chi connectivity index (χ3n) is 3.63. The number of nitrogens with two attached hydrogens (primary N) is 1. The Hall–Kier alpha value is -1.86. The molecule has 1 aliphatic rings. The summed E-state index contributed by atoms with van der Waals surface area (Å²) in [5, 5.41) is 21.3. The average Bonchev–Trinajstić information content (AvgIpc) is 2.77. The van der Waals surface area contributed by atoms with Crippen molar-refractivity contribution in [1.29, 1.82) is 0 Å². The van der Waals surface area contributed by atoms with Gasteiger partial charge >= 0.3 is 0 Å². The summed E-state index contributed by atoms with van der Waals surface area (Å²) in [6.45, 7) is 1.14. The highest BCUT2D eigenvalue weighted by Gasteiger charge is 2.32. The number of anilines is 1. The number of aliphatic hydroxyl groups excluding tert-OH is 1. The Kier molecular flexibility index (Phi) is 4.64. The monoisotopic (exact) mass is 296 g/mol. The number of nitrogens with zero attached hydrogens (tertiary/aromatic N) is 3. The topological polar surface area (TPSA) is 85.3 Å². The Labute approximate surface area is 123 Å². The minimum Gasteiger partial charge on any atom is -0.409 e. The Morgan fingerprint density at radius 3 is 2.81 bits per heavy atom. The van der Waals surface area contributed by atoms with Gasteiger partial charge in [0.2, 0.25) is 0 Å². The van der Waals surface area contributed by atoms with Gasteiger partial charge in [0, 0.05) is 24.7 Å². The number of aliphatic hydroxyl groups is 1. The zero-order valence-corrected chi connectivity index (χ0v) is 12.2. The largest absolute Gasteiger partial charge is 0.409 e. The Morgan fingerprint density at radius 1 is 1.52 bits per heavy atom. The zero-order chi connectivity index (χ0) is 15.6. The Morgan fingerprint density at radius 2 is 2.24 bits per heavy atom. The van der Waals surface area contributed by atoms with Gasteiger partial charge in [0.05, 0.1) is 11.8 Å². The summed E-state index contributed by atoms with van der Waals surface area (Å²) in [4.78, 5) is 3.88. The highest BCUT2D eigenvalue weighted by Crippen LogP contribution is 2.29. The summed E-state index contributed by atoms with van der Waals surface area (Å²) in [5.41, 5.74) is 6.20. The first-order chi connectivity index (χ1) is 9.92. The number of benzene rings is 1. The molecule has 1 fully saturated rings. The van der Waals surface area contributed by atoms with E-state index >= 15 is 0 Å². The van der Waals surface area contributed by atoms with E-state index in [0.717, 1.165) is 6.54 Å². The van der Waals surface area contributed by atoms with E-state index in [1.165, 1.54) is 6.07 Å². The predicted octanol–water partition coefficient (Wildman–Crippen LogP) is 0.421. The van der Waals surface area contributed by atoms with Gasteiger partial charge in [0.25, 0.3) is 0 Å². The molecule has 0 bridgehead atoms. The van der Waals surface area contributed by atoms with Crippen molar-refractivity contribution in [2.24, 2.45) is 10.9 Å². The van der Waals surface area contributed by atoms with Gasteiger partial charge in [0.15, 0.2) is 5.84 Å². The second-order valence-electron chi connectivity index (χ2n) is 5.61. The minimum absolute atomic E-state index is 0.0548. The van der Waals surface area contributed by atoms with Crippen molar-refractivity contribution in [3.63, 3.8) is 0 Å². The van der Waals surface area contributed by atoms with Gasteiger partial charge in [-0.15, -0.1) is 0 Å². The molecule has 1 saturated heterocycles. The Bertz CT molecular complexity index is 536. The van der Waals surface area contributed by atoms with Crippen molar-refractivity contribution in [2.75, 3.05) is 32.1 Å². The van der Waals surface area contributed by atoms with Crippen molar-refractivity contribution in [3.8, 4) is 0 Å². The maximum absolute atomic E-state index is 14.3. The quantitative estimate of drug-likeness (QED) is 0.324. The van der Waals surface area contributed by atoms with Crippen LogP contribution in [-0.4, -0.2) is 60.4 Å². The summed E-state index contributed by atoms with van der Waals surface area (Å²) in [6, 6.07) is 4.50. The van der Waals surface area contributed by atoms with Crippen LogP contribution in [0.15, 0.2) is 23.4 Å². The van der Waals surface area contributed by atoms with Crippen LogP contribution in [0.25, 0.3) is 0 Å². The molecule has 0 aliphatic carbocycles. The molecule has 6 nitrogen and oxygen atoms in total. The minimum atomic E-state index is -0.460. The second-order valence-corrected chi connectivity index (χ2v) is 5.61. The lowest BCUT2D eigenvalue weighted by Crippen LogP contribution is -2.38. The van der Waals surface area contributed by atoms with E-state index in [-0.39, 0.29) is 11.9 Å². The van der Waals surface area contributed by atoms with E-state index in [9.17, 15) is 9.50 Å². The molecule has 1 aromatic carbocycles. The SMILES string of the molecule is CN(C)CC1CC(O)CN1c1ccc(C(N)=NO)cc1F. The lowest BCUT2D eigenvalue weighted by molar-refractivity contribution is 0.191. The van der Waals surface area contributed by atoms with Crippen LogP contribution in [0.1, 0.15) is 12.0 Å². The summed E-state index contributed by atoms with van der Waals surface area (Å²) in [7, 11) is 3.89. The molecule has 2 rings (SSSR count).